The first-order chi connectivity index (χ1) is 20.8. The Morgan fingerprint density at radius 3 is 2.30 bits per heavy atom. The summed E-state index contributed by atoms with van der Waals surface area (Å²) in [5.74, 6) is -0.543. The maximum atomic E-state index is 13.0. The zero-order valence-electron chi connectivity index (χ0n) is 27.6. The summed E-state index contributed by atoms with van der Waals surface area (Å²) < 4.78 is 41.3. The number of alkyl carbamates (subject to hydrolysis) is 2. The maximum absolute atomic E-state index is 13.0. The van der Waals surface area contributed by atoms with Gasteiger partial charge in [-0.05, 0) is 59.3 Å². The minimum Gasteiger partial charge on any atom is -0.447 e. The Hall–Kier alpha value is -2.48. The van der Waals surface area contributed by atoms with E-state index in [0.29, 0.717) is 32.7 Å². The van der Waals surface area contributed by atoms with Crippen LogP contribution in [-0.4, -0.2) is 94.1 Å². The minimum absolute atomic E-state index is 0.00474. The molecular weight excluding hydrogens is 575 g/mol. The van der Waals surface area contributed by atoms with Gasteiger partial charge < -0.3 is 39.6 Å². The molecule has 4 N–H and O–H groups in total. The first-order valence-corrected chi connectivity index (χ1v) is 15.8. The van der Waals surface area contributed by atoms with E-state index in [1.807, 2.05) is 47.6 Å². The molecule has 2 aliphatic rings. The topological polar surface area (TPSA) is 149 Å². The highest BCUT2D eigenvalue weighted by Gasteiger charge is 2.64. The SMILES string of the molecule is COC1C(OC(=O)N[C@@H](COC(=O)NCCCCCCNC(=O)CNF)C(C)C)CC[C@]2(CO2)C1C(C)(C)OCC=C(C)C. The molecule has 3 amide bonds. The van der Waals surface area contributed by atoms with Crippen LogP contribution in [0.3, 0.4) is 0 Å². The molecule has 5 atom stereocenters. The summed E-state index contributed by atoms with van der Waals surface area (Å²) in [5.41, 5.74) is 1.55. The molecular formula is C31H55FN4O8. The van der Waals surface area contributed by atoms with Crippen molar-refractivity contribution < 1.29 is 42.5 Å². The Morgan fingerprint density at radius 2 is 1.73 bits per heavy atom. The zero-order valence-corrected chi connectivity index (χ0v) is 27.6. The normalized spacial score (nSPS) is 23.5. The summed E-state index contributed by atoms with van der Waals surface area (Å²) in [6.45, 7) is 13.6. The lowest BCUT2D eigenvalue weighted by molar-refractivity contribution is -0.172. The quantitative estimate of drug-likeness (QED) is 0.0721. The number of hydrogen-bond donors (Lipinski definition) is 4. The van der Waals surface area contributed by atoms with E-state index in [9.17, 15) is 18.9 Å². The van der Waals surface area contributed by atoms with Gasteiger partial charge in [0.1, 0.15) is 25.4 Å². The van der Waals surface area contributed by atoms with Gasteiger partial charge in [-0.3, -0.25) is 4.79 Å². The second-order valence-electron chi connectivity index (χ2n) is 12.8. The summed E-state index contributed by atoms with van der Waals surface area (Å²) in [6.07, 6.45) is 4.54. The van der Waals surface area contributed by atoms with Crippen molar-refractivity contribution in [3.8, 4) is 0 Å². The number of unbranched alkanes of at least 4 members (excludes halogenated alkanes) is 3. The molecule has 1 aliphatic heterocycles. The second kappa shape index (κ2) is 18.5. The van der Waals surface area contributed by atoms with E-state index in [1.54, 1.807) is 7.11 Å². The fourth-order valence-corrected chi connectivity index (χ4v) is 5.68. The van der Waals surface area contributed by atoms with E-state index in [-0.39, 0.29) is 36.5 Å². The Kier molecular flexibility index (Phi) is 15.8. The van der Waals surface area contributed by atoms with Crippen LogP contribution in [0.25, 0.3) is 0 Å². The molecule has 0 aromatic rings. The number of rotatable bonds is 19. The summed E-state index contributed by atoms with van der Waals surface area (Å²) in [6, 6.07) is -0.446. The maximum Gasteiger partial charge on any atom is 0.407 e. The summed E-state index contributed by atoms with van der Waals surface area (Å²) >= 11 is 0. The standard InChI is InChI=1S/C31H55FN4O8/c1-21(2)13-17-42-30(5,6)27-26(40-7)24(12-14-31(27)20-43-31)44-29(39)36-23(22(3)4)19-41-28(38)34-16-11-9-8-10-15-33-25(37)18-35-32/h13,22-24,26-27,35H,8-12,14-20H2,1-7H3,(H,33,37)(H,34,38)(H,36,39)/t23-,24?,26?,27?,31-/m0/s1. The molecule has 1 saturated carbocycles. The van der Waals surface area contributed by atoms with Crippen molar-refractivity contribution in [1.82, 2.24) is 21.5 Å². The predicted octanol–water partition coefficient (Wildman–Crippen LogP) is 3.94. The van der Waals surface area contributed by atoms with E-state index in [1.165, 1.54) is 11.1 Å². The van der Waals surface area contributed by atoms with Crippen molar-refractivity contribution in [2.75, 3.05) is 46.6 Å². The molecule has 1 heterocycles. The van der Waals surface area contributed by atoms with Crippen molar-refractivity contribution >= 4 is 18.1 Å². The van der Waals surface area contributed by atoms with E-state index >= 15 is 0 Å². The van der Waals surface area contributed by atoms with E-state index in [4.69, 9.17) is 23.7 Å². The van der Waals surface area contributed by atoms with Gasteiger partial charge in [0, 0.05) is 26.1 Å². The largest absolute Gasteiger partial charge is 0.447 e. The molecule has 1 saturated heterocycles. The number of methoxy groups -OCH3 is 1. The number of epoxide rings is 1. The zero-order chi connectivity index (χ0) is 32.8. The highest BCUT2D eigenvalue weighted by Crippen LogP contribution is 2.52. The van der Waals surface area contributed by atoms with Gasteiger partial charge in [0.2, 0.25) is 5.91 Å². The fraction of sp³-hybridized carbons (Fsp3) is 0.839. The van der Waals surface area contributed by atoms with Gasteiger partial charge in [-0.25, -0.2) is 9.59 Å². The molecule has 13 heteroatoms. The van der Waals surface area contributed by atoms with Crippen LogP contribution in [-0.2, 0) is 28.5 Å². The van der Waals surface area contributed by atoms with Crippen LogP contribution >= 0.6 is 0 Å². The summed E-state index contributed by atoms with van der Waals surface area (Å²) in [5, 5.41) is 8.19. The van der Waals surface area contributed by atoms with Gasteiger partial charge >= 0.3 is 12.2 Å². The van der Waals surface area contributed by atoms with Gasteiger partial charge in [-0.15, -0.1) is 10.0 Å². The lowest BCUT2D eigenvalue weighted by Gasteiger charge is -2.47. The van der Waals surface area contributed by atoms with Crippen LogP contribution < -0.4 is 21.5 Å². The van der Waals surface area contributed by atoms with Crippen molar-refractivity contribution in [1.29, 1.82) is 0 Å². The number of nitrogens with one attached hydrogen (secondary N) is 4. The van der Waals surface area contributed by atoms with Gasteiger partial charge in [0.05, 0.1) is 30.5 Å². The lowest BCUT2D eigenvalue weighted by atomic mass is 9.68. The average Bonchev–Trinajstić information content (AvgIpc) is 3.72. The molecule has 0 aromatic heterocycles. The van der Waals surface area contributed by atoms with E-state index < -0.39 is 36.0 Å². The molecule has 1 spiro atoms. The van der Waals surface area contributed by atoms with E-state index in [2.05, 4.69) is 16.0 Å². The molecule has 0 aromatic carbocycles. The van der Waals surface area contributed by atoms with Crippen LogP contribution in [0, 0.1) is 11.8 Å². The highest BCUT2D eigenvalue weighted by atomic mass is 19.2. The fourth-order valence-electron chi connectivity index (χ4n) is 5.68. The van der Waals surface area contributed by atoms with Gasteiger partial charge in [-0.2, -0.15) is 0 Å². The van der Waals surface area contributed by atoms with Crippen LogP contribution in [0.15, 0.2) is 11.6 Å². The third-order valence-corrected chi connectivity index (χ3v) is 8.28. The number of ether oxygens (including phenoxy) is 5. The third kappa shape index (κ3) is 12.5. The summed E-state index contributed by atoms with van der Waals surface area (Å²) in [4.78, 5) is 36.4. The Morgan fingerprint density at radius 1 is 1.07 bits per heavy atom. The molecule has 1 aliphatic carbocycles. The van der Waals surface area contributed by atoms with Crippen LogP contribution in [0.1, 0.15) is 80.1 Å². The average molecular weight is 631 g/mol. The van der Waals surface area contributed by atoms with Crippen molar-refractivity contribution in [3.63, 3.8) is 0 Å². The molecule has 12 nitrogen and oxygen atoms in total. The third-order valence-electron chi connectivity index (χ3n) is 8.28. The molecule has 254 valence electrons. The lowest BCUT2D eigenvalue weighted by Crippen LogP contribution is -2.59. The molecule has 2 rings (SSSR count). The van der Waals surface area contributed by atoms with Crippen molar-refractivity contribution in [2.45, 2.75) is 110 Å². The molecule has 2 fully saturated rings. The minimum atomic E-state index is -0.591. The number of carbonyl (C=O) groups is 3. The van der Waals surface area contributed by atoms with Gasteiger partial charge in [0.15, 0.2) is 0 Å². The van der Waals surface area contributed by atoms with E-state index in [0.717, 1.165) is 32.1 Å². The summed E-state index contributed by atoms with van der Waals surface area (Å²) in [7, 11) is 1.62. The first-order valence-electron chi connectivity index (χ1n) is 15.8. The molecule has 3 unspecified atom stereocenters. The smallest absolute Gasteiger partial charge is 0.407 e. The van der Waals surface area contributed by atoms with Crippen molar-refractivity contribution in [2.24, 2.45) is 11.8 Å². The van der Waals surface area contributed by atoms with Crippen molar-refractivity contribution in [3.05, 3.63) is 11.6 Å². The second-order valence-corrected chi connectivity index (χ2v) is 12.8. The molecule has 0 bridgehead atoms. The van der Waals surface area contributed by atoms with Crippen LogP contribution in [0.5, 0.6) is 0 Å². The number of amides is 3. The Labute approximate surface area is 261 Å². The highest BCUT2D eigenvalue weighted by molar-refractivity contribution is 5.77. The van der Waals surface area contributed by atoms with Gasteiger partial charge in [0.25, 0.3) is 0 Å². The Balaban J connectivity index is 1.79. The van der Waals surface area contributed by atoms with Gasteiger partial charge in [-0.1, -0.05) is 38.3 Å². The number of hydrogen-bond acceptors (Lipinski definition) is 9. The van der Waals surface area contributed by atoms with Crippen LogP contribution in [0.2, 0.25) is 0 Å². The molecule has 44 heavy (non-hydrogen) atoms. The predicted molar refractivity (Wildman–Crippen MR) is 164 cm³/mol. The van der Waals surface area contributed by atoms with Crippen LogP contribution in [0.4, 0.5) is 14.1 Å². The number of allylic oxidation sites excluding steroid dienone is 1. The monoisotopic (exact) mass is 630 g/mol. The first kappa shape index (κ1) is 37.7. The Bertz CT molecular complexity index is 940. The number of carbonyl (C=O) groups excluding carboxylic acids is 3. The number of halogens is 1. The molecule has 0 radical (unpaired) electrons.